The number of carbonyl (C=O) groups excluding carboxylic acids is 4. The second kappa shape index (κ2) is 19.9. The van der Waals surface area contributed by atoms with E-state index in [0.29, 0.717) is 11.1 Å². The van der Waals surface area contributed by atoms with Crippen molar-refractivity contribution in [2.45, 2.75) is 56.3 Å². The monoisotopic (exact) mass is 738 g/mol. The Labute approximate surface area is 312 Å². The van der Waals surface area contributed by atoms with Crippen LogP contribution < -0.4 is 38.5 Å². The van der Waals surface area contributed by atoms with Gasteiger partial charge in [-0.1, -0.05) is 84.9 Å². The van der Waals surface area contributed by atoms with Gasteiger partial charge in [0.25, 0.3) is 0 Å². The molecule has 0 unspecified atom stereocenters. The van der Waals surface area contributed by atoms with E-state index in [1.807, 2.05) is 48.5 Å². The summed E-state index contributed by atoms with van der Waals surface area (Å²) < 4.78 is 0. The van der Waals surface area contributed by atoms with Crippen molar-refractivity contribution in [3.05, 3.63) is 114 Å². The molecular formula is C39H46N8O7. The highest BCUT2D eigenvalue weighted by atomic mass is 16.4. The maximum Gasteiger partial charge on any atom is 0.322 e. The molecule has 4 rings (SSSR count). The fourth-order valence-electron chi connectivity index (χ4n) is 5.73. The number of benzene rings is 4. The first-order chi connectivity index (χ1) is 25.9. The number of hydrogen-bond acceptors (Lipinski definition) is 8. The van der Waals surface area contributed by atoms with Crippen LogP contribution >= 0.6 is 0 Å². The van der Waals surface area contributed by atoms with Gasteiger partial charge in [0.15, 0.2) is 5.96 Å². The first kappa shape index (κ1) is 40.3. The van der Waals surface area contributed by atoms with Crippen LogP contribution in [-0.4, -0.2) is 83.0 Å². The number of rotatable bonds is 19. The topological polar surface area (TPSA) is 264 Å². The number of phenols is 1. The Hall–Kier alpha value is -6.48. The van der Waals surface area contributed by atoms with Crippen LogP contribution in [0.15, 0.2) is 102 Å². The normalized spacial score (nSPS) is 13.1. The van der Waals surface area contributed by atoms with Crippen molar-refractivity contribution in [1.82, 2.24) is 21.3 Å². The molecule has 4 atom stereocenters. The number of fused-ring (bicyclic) bond motifs is 1. The van der Waals surface area contributed by atoms with Gasteiger partial charge in [0.1, 0.15) is 30.4 Å². The molecule has 0 aliphatic carbocycles. The number of amides is 4. The van der Waals surface area contributed by atoms with Crippen LogP contribution in [0.2, 0.25) is 0 Å². The molecule has 0 spiro atoms. The minimum absolute atomic E-state index is 0.0162. The number of nitrogens with zero attached hydrogens (tertiary/aromatic N) is 1. The standard InChI is InChI=1S/C39H46N8O7/c40-30(20-25-13-16-29(48)17-14-25)35(51)46-33(21-24-7-2-1-3-8-24)38(54)45-31(11-6-18-43-39(41)42)37(53)47-32(36(52)44-23-34(49)50)22-26-12-15-27-9-4-5-10-28(27)19-26/h1-5,7-10,12-17,19,30-33,48H,6,11,18,20-23,40H2,(H,44,52)(H,45,54)(H,46,51)(H,47,53)(H,49,50)(H4,41,42,43)/t30-,31+,32+,33+/m1/s1. The van der Waals surface area contributed by atoms with Gasteiger partial charge in [0, 0.05) is 19.4 Å². The molecule has 15 heteroatoms. The highest BCUT2D eigenvalue weighted by Crippen LogP contribution is 2.17. The summed E-state index contributed by atoms with van der Waals surface area (Å²) in [6, 6.07) is 23.7. The maximum absolute atomic E-state index is 14.0. The molecule has 0 fully saturated rings. The van der Waals surface area contributed by atoms with E-state index in [1.165, 1.54) is 12.1 Å². The Bertz CT molecular complexity index is 1930. The summed E-state index contributed by atoms with van der Waals surface area (Å²) >= 11 is 0. The van der Waals surface area contributed by atoms with Gasteiger partial charge in [-0.15, -0.1) is 0 Å². The summed E-state index contributed by atoms with van der Waals surface area (Å²) in [5.74, 6) is -4.11. The number of aliphatic imine (C=N–C) groups is 1. The molecule has 0 aliphatic rings. The number of hydrogen-bond donors (Lipinski definition) is 9. The highest BCUT2D eigenvalue weighted by Gasteiger charge is 2.31. The van der Waals surface area contributed by atoms with Crippen molar-refractivity contribution in [2.24, 2.45) is 22.2 Å². The number of carboxylic acids is 1. The van der Waals surface area contributed by atoms with Gasteiger partial charge in [-0.3, -0.25) is 29.0 Å². The first-order valence-corrected chi connectivity index (χ1v) is 17.4. The summed E-state index contributed by atoms with van der Waals surface area (Å²) in [4.78, 5) is 69.8. The number of nitrogens with one attached hydrogen (secondary N) is 4. The Morgan fingerprint density at radius 1 is 0.630 bits per heavy atom. The lowest BCUT2D eigenvalue weighted by molar-refractivity contribution is -0.138. The number of carbonyl (C=O) groups is 5. The van der Waals surface area contributed by atoms with Crippen LogP contribution in [-0.2, 0) is 43.2 Å². The van der Waals surface area contributed by atoms with E-state index in [-0.39, 0.29) is 50.4 Å². The van der Waals surface area contributed by atoms with Crippen LogP contribution in [0.25, 0.3) is 10.8 Å². The average molecular weight is 739 g/mol. The van der Waals surface area contributed by atoms with E-state index in [4.69, 9.17) is 17.2 Å². The van der Waals surface area contributed by atoms with E-state index >= 15 is 0 Å². The predicted octanol–water partition coefficient (Wildman–Crippen LogP) is 0.609. The molecule has 15 nitrogen and oxygen atoms in total. The quantitative estimate of drug-likeness (QED) is 0.0368. The molecule has 12 N–H and O–H groups in total. The number of phenolic OH excluding ortho intramolecular Hbond substituents is 1. The van der Waals surface area contributed by atoms with E-state index in [0.717, 1.165) is 16.3 Å². The second-order valence-electron chi connectivity index (χ2n) is 12.8. The van der Waals surface area contributed by atoms with Crippen LogP contribution in [0, 0.1) is 0 Å². The minimum Gasteiger partial charge on any atom is -0.508 e. The molecule has 0 saturated carbocycles. The van der Waals surface area contributed by atoms with E-state index in [9.17, 15) is 34.2 Å². The third-order valence-corrected chi connectivity index (χ3v) is 8.52. The van der Waals surface area contributed by atoms with Gasteiger partial charge in [-0.2, -0.15) is 0 Å². The third kappa shape index (κ3) is 12.9. The number of aliphatic carboxylic acids is 1. The molecule has 4 aromatic carbocycles. The molecular weight excluding hydrogens is 692 g/mol. The number of guanidine groups is 1. The van der Waals surface area contributed by atoms with Crippen molar-refractivity contribution in [3.8, 4) is 5.75 Å². The van der Waals surface area contributed by atoms with E-state index in [2.05, 4.69) is 26.3 Å². The second-order valence-corrected chi connectivity index (χ2v) is 12.8. The van der Waals surface area contributed by atoms with Crippen molar-refractivity contribution in [3.63, 3.8) is 0 Å². The van der Waals surface area contributed by atoms with Crippen molar-refractivity contribution >= 4 is 46.3 Å². The van der Waals surface area contributed by atoms with Crippen LogP contribution in [0.4, 0.5) is 0 Å². The zero-order valence-electron chi connectivity index (χ0n) is 29.6. The van der Waals surface area contributed by atoms with Crippen molar-refractivity contribution in [2.75, 3.05) is 13.1 Å². The zero-order valence-corrected chi connectivity index (χ0v) is 29.6. The highest BCUT2D eigenvalue weighted by molar-refractivity contribution is 5.95. The lowest BCUT2D eigenvalue weighted by atomic mass is 10.00. The fraction of sp³-hybridized carbons (Fsp3) is 0.282. The van der Waals surface area contributed by atoms with Gasteiger partial charge in [-0.05, 0) is 58.9 Å². The van der Waals surface area contributed by atoms with E-state index in [1.54, 1.807) is 36.4 Å². The number of carboxylic acid groups (broad SMARTS) is 1. The van der Waals surface area contributed by atoms with E-state index < -0.39 is 60.3 Å². The molecule has 0 radical (unpaired) electrons. The molecule has 0 aliphatic heterocycles. The Kier molecular flexibility index (Phi) is 14.9. The molecule has 54 heavy (non-hydrogen) atoms. The Balaban J connectivity index is 1.56. The van der Waals surface area contributed by atoms with Crippen LogP contribution in [0.1, 0.15) is 29.5 Å². The Morgan fingerprint density at radius 2 is 1.19 bits per heavy atom. The lowest BCUT2D eigenvalue weighted by Gasteiger charge is -2.26. The maximum atomic E-state index is 14.0. The molecule has 284 valence electrons. The molecule has 0 heterocycles. The summed E-state index contributed by atoms with van der Waals surface area (Å²) in [5, 5.41) is 31.2. The van der Waals surface area contributed by atoms with Crippen LogP contribution in [0.5, 0.6) is 5.75 Å². The predicted molar refractivity (Wildman–Crippen MR) is 204 cm³/mol. The smallest absolute Gasteiger partial charge is 0.322 e. The zero-order chi connectivity index (χ0) is 39.0. The molecule has 0 saturated heterocycles. The molecule has 0 aromatic heterocycles. The SMILES string of the molecule is NC(N)=NCCC[C@H](NC(=O)[C@H](Cc1ccccc1)NC(=O)[C@H](N)Cc1ccc(O)cc1)C(=O)N[C@@H](Cc1ccc2ccccc2c1)C(=O)NCC(=O)O. The first-order valence-electron chi connectivity index (χ1n) is 17.4. The summed E-state index contributed by atoms with van der Waals surface area (Å²) in [5.41, 5.74) is 19.3. The van der Waals surface area contributed by atoms with Gasteiger partial charge >= 0.3 is 5.97 Å². The van der Waals surface area contributed by atoms with Gasteiger partial charge in [-0.25, -0.2) is 0 Å². The minimum atomic E-state index is -1.27. The third-order valence-electron chi connectivity index (χ3n) is 8.52. The summed E-state index contributed by atoms with van der Waals surface area (Å²) in [6.45, 7) is -0.532. The van der Waals surface area contributed by atoms with Gasteiger partial charge in [0.2, 0.25) is 23.6 Å². The summed E-state index contributed by atoms with van der Waals surface area (Å²) in [6.07, 6.45) is 0.505. The average Bonchev–Trinajstić information content (AvgIpc) is 3.15. The molecule has 0 bridgehead atoms. The largest absolute Gasteiger partial charge is 0.508 e. The van der Waals surface area contributed by atoms with Crippen molar-refractivity contribution < 1.29 is 34.2 Å². The fourth-order valence-corrected chi connectivity index (χ4v) is 5.73. The Morgan fingerprint density at radius 3 is 1.87 bits per heavy atom. The van der Waals surface area contributed by atoms with Crippen LogP contribution in [0.3, 0.4) is 0 Å². The number of aromatic hydroxyl groups is 1. The van der Waals surface area contributed by atoms with Crippen molar-refractivity contribution in [1.29, 1.82) is 0 Å². The lowest BCUT2D eigenvalue weighted by Crippen LogP contribution is -2.58. The molecule has 4 aromatic rings. The molecule has 4 amide bonds. The number of nitrogens with two attached hydrogens (primary N) is 3. The van der Waals surface area contributed by atoms with Gasteiger partial charge < -0.3 is 48.7 Å². The van der Waals surface area contributed by atoms with Gasteiger partial charge in [0.05, 0.1) is 6.04 Å². The summed E-state index contributed by atoms with van der Waals surface area (Å²) in [7, 11) is 0.